The van der Waals surface area contributed by atoms with Crippen LogP contribution in [0.4, 0.5) is 0 Å². The summed E-state index contributed by atoms with van der Waals surface area (Å²) in [6.07, 6.45) is 2.52. The van der Waals surface area contributed by atoms with Crippen molar-refractivity contribution < 1.29 is 9.53 Å². The van der Waals surface area contributed by atoms with Crippen molar-refractivity contribution in [3.8, 4) is 0 Å². The predicted molar refractivity (Wildman–Crippen MR) is 60.7 cm³/mol. The van der Waals surface area contributed by atoms with Gasteiger partial charge >= 0.3 is 5.97 Å². The van der Waals surface area contributed by atoms with Crippen LogP contribution in [0.5, 0.6) is 0 Å². The summed E-state index contributed by atoms with van der Waals surface area (Å²) in [4.78, 5) is 11.4. The van der Waals surface area contributed by atoms with E-state index < -0.39 is 0 Å². The number of nitrogens with one attached hydrogen (secondary N) is 1. The molecule has 1 aliphatic rings. The van der Waals surface area contributed by atoms with Crippen molar-refractivity contribution in [3.63, 3.8) is 0 Å². The van der Waals surface area contributed by atoms with Crippen LogP contribution in [0.15, 0.2) is 0 Å². The molecule has 15 heavy (non-hydrogen) atoms. The van der Waals surface area contributed by atoms with E-state index in [4.69, 9.17) is 4.74 Å². The molecule has 0 radical (unpaired) electrons. The van der Waals surface area contributed by atoms with Gasteiger partial charge in [0.25, 0.3) is 0 Å². The van der Waals surface area contributed by atoms with Gasteiger partial charge in [0.2, 0.25) is 0 Å². The average molecular weight is 213 g/mol. The molecule has 3 nitrogen and oxygen atoms in total. The van der Waals surface area contributed by atoms with Crippen LogP contribution >= 0.6 is 0 Å². The number of esters is 1. The lowest BCUT2D eigenvalue weighted by molar-refractivity contribution is -0.153. The second-order valence-corrected chi connectivity index (χ2v) is 5.84. The molecular weight excluding hydrogens is 190 g/mol. The molecule has 0 aromatic carbocycles. The number of hydrogen-bond acceptors (Lipinski definition) is 3. The number of carbonyl (C=O) groups is 1. The number of hydrogen-bond donors (Lipinski definition) is 1. The third-order valence-electron chi connectivity index (χ3n) is 3.06. The number of rotatable bonds is 4. The molecule has 0 aliphatic heterocycles. The summed E-state index contributed by atoms with van der Waals surface area (Å²) < 4.78 is 5.22. The van der Waals surface area contributed by atoms with Gasteiger partial charge < -0.3 is 10.1 Å². The highest BCUT2D eigenvalue weighted by Gasteiger charge is 2.42. The van der Waals surface area contributed by atoms with Crippen LogP contribution in [-0.4, -0.2) is 24.2 Å². The first-order valence-electron chi connectivity index (χ1n) is 5.68. The highest BCUT2D eigenvalue weighted by atomic mass is 16.6. The Morgan fingerprint density at radius 3 is 2.40 bits per heavy atom. The zero-order valence-electron chi connectivity index (χ0n) is 10.5. The van der Waals surface area contributed by atoms with Gasteiger partial charge in [0, 0.05) is 6.04 Å². The SMILES string of the molecule is CC(NCC(=O)OC(C)(C)C)C1(C)CC1. The zero-order chi connectivity index (χ0) is 11.7. The molecule has 0 aromatic heterocycles. The molecule has 1 fully saturated rings. The zero-order valence-corrected chi connectivity index (χ0v) is 10.5. The Hall–Kier alpha value is -0.570. The summed E-state index contributed by atoms with van der Waals surface area (Å²) >= 11 is 0. The van der Waals surface area contributed by atoms with Gasteiger partial charge in [-0.25, -0.2) is 0 Å². The summed E-state index contributed by atoms with van der Waals surface area (Å²) in [5, 5.41) is 3.23. The van der Waals surface area contributed by atoms with Gasteiger partial charge in [-0.05, 0) is 46.0 Å². The first-order valence-corrected chi connectivity index (χ1v) is 5.68. The van der Waals surface area contributed by atoms with E-state index >= 15 is 0 Å². The predicted octanol–water partition coefficient (Wildman–Crippen LogP) is 2.11. The molecule has 1 unspecified atom stereocenters. The highest BCUT2D eigenvalue weighted by Crippen LogP contribution is 2.47. The lowest BCUT2D eigenvalue weighted by Gasteiger charge is -2.23. The van der Waals surface area contributed by atoms with E-state index in [1.807, 2.05) is 20.8 Å². The van der Waals surface area contributed by atoms with E-state index in [0.29, 0.717) is 18.0 Å². The molecular formula is C12H23NO2. The van der Waals surface area contributed by atoms with Gasteiger partial charge in [0.1, 0.15) is 5.60 Å². The molecule has 1 aliphatic carbocycles. The molecule has 0 bridgehead atoms. The van der Waals surface area contributed by atoms with Gasteiger partial charge in [0.05, 0.1) is 6.54 Å². The maximum absolute atomic E-state index is 11.4. The molecule has 1 rings (SSSR count). The maximum Gasteiger partial charge on any atom is 0.320 e. The number of carbonyl (C=O) groups excluding carboxylic acids is 1. The van der Waals surface area contributed by atoms with Crippen LogP contribution in [0.3, 0.4) is 0 Å². The third-order valence-corrected chi connectivity index (χ3v) is 3.06. The first kappa shape index (κ1) is 12.5. The molecule has 0 amide bonds. The van der Waals surface area contributed by atoms with E-state index in [0.717, 1.165) is 0 Å². The molecule has 0 aromatic rings. The Bertz CT molecular complexity index is 238. The molecule has 0 spiro atoms. The fourth-order valence-corrected chi connectivity index (χ4v) is 1.49. The minimum atomic E-state index is -0.383. The molecule has 1 atom stereocenters. The number of ether oxygens (including phenoxy) is 1. The van der Waals surface area contributed by atoms with Crippen molar-refractivity contribution in [2.75, 3.05) is 6.54 Å². The average Bonchev–Trinajstić information content (AvgIpc) is 2.77. The van der Waals surface area contributed by atoms with Crippen LogP contribution in [0, 0.1) is 5.41 Å². The summed E-state index contributed by atoms with van der Waals surface area (Å²) in [5.41, 5.74) is 0.0213. The quantitative estimate of drug-likeness (QED) is 0.727. The molecule has 1 N–H and O–H groups in total. The van der Waals surface area contributed by atoms with Gasteiger partial charge in [-0.1, -0.05) is 6.92 Å². The minimum Gasteiger partial charge on any atom is -0.459 e. The Labute approximate surface area is 92.6 Å². The van der Waals surface area contributed by atoms with E-state index in [-0.39, 0.29) is 11.6 Å². The molecule has 3 heteroatoms. The van der Waals surface area contributed by atoms with E-state index in [9.17, 15) is 4.79 Å². The van der Waals surface area contributed by atoms with Crippen molar-refractivity contribution in [1.82, 2.24) is 5.32 Å². The summed E-state index contributed by atoms with van der Waals surface area (Å²) in [6, 6.07) is 0.394. The Kier molecular flexibility index (Phi) is 3.44. The van der Waals surface area contributed by atoms with Crippen LogP contribution in [0.25, 0.3) is 0 Å². The van der Waals surface area contributed by atoms with Gasteiger partial charge in [-0.15, -0.1) is 0 Å². The van der Waals surface area contributed by atoms with Crippen molar-refractivity contribution in [2.24, 2.45) is 5.41 Å². The molecule has 88 valence electrons. The standard InChI is InChI=1S/C12H23NO2/c1-9(12(5)6-7-12)13-8-10(14)15-11(2,3)4/h9,13H,6-8H2,1-5H3. The fourth-order valence-electron chi connectivity index (χ4n) is 1.49. The fraction of sp³-hybridized carbons (Fsp3) is 0.917. The Balaban J connectivity index is 2.22. The van der Waals surface area contributed by atoms with E-state index in [2.05, 4.69) is 19.2 Å². The lowest BCUT2D eigenvalue weighted by Crippen LogP contribution is -2.39. The molecule has 0 heterocycles. The van der Waals surface area contributed by atoms with Crippen LogP contribution in [-0.2, 0) is 9.53 Å². The first-order chi connectivity index (χ1) is 6.73. The summed E-state index contributed by atoms with van der Waals surface area (Å²) in [6.45, 7) is 10.4. The largest absolute Gasteiger partial charge is 0.459 e. The Morgan fingerprint density at radius 1 is 1.47 bits per heavy atom. The Morgan fingerprint density at radius 2 is 2.00 bits per heavy atom. The third kappa shape index (κ3) is 4.20. The molecule has 1 saturated carbocycles. The topological polar surface area (TPSA) is 38.3 Å². The van der Waals surface area contributed by atoms with Crippen LogP contribution < -0.4 is 5.32 Å². The van der Waals surface area contributed by atoms with E-state index in [1.165, 1.54) is 12.8 Å². The summed E-state index contributed by atoms with van der Waals surface area (Å²) in [7, 11) is 0. The monoisotopic (exact) mass is 213 g/mol. The van der Waals surface area contributed by atoms with Gasteiger partial charge in [-0.2, -0.15) is 0 Å². The van der Waals surface area contributed by atoms with E-state index in [1.54, 1.807) is 0 Å². The molecule has 0 saturated heterocycles. The van der Waals surface area contributed by atoms with Crippen LogP contribution in [0.1, 0.15) is 47.5 Å². The maximum atomic E-state index is 11.4. The van der Waals surface area contributed by atoms with Crippen molar-refractivity contribution in [3.05, 3.63) is 0 Å². The second-order valence-electron chi connectivity index (χ2n) is 5.84. The van der Waals surface area contributed by atoms with Gasteiger partial charge in [0.15, 0.2) is 0 Å². The van der Waals surface area contributed by atoms with Crippen molar-refractivity contribution >= 4 is 5.97 Å². The minimum absolute atomic E-state index is 0.168. The van der Waals surface area contributed by atoms with Gasteiger partial charge in [-0.3, -0.25) is 4.79 Å². The lowest BCUT2D eigenvalue weighted by atomic mass is 10.0. The van der Waals surface area contributed by atoms with Crippen molar-refractivity contribution in [1.29, 1.82) is 0 Å². The van der Waals surface area contributed by atoms with Crippen molar-refractivity contribution in [2.45, 2.75) is 59.1 Å². The normalized spacial score (nSPS) is 20.9. The van der Waals surface area contributed by atoms with Crippen LogP contribution in [0.2, 0.25) is 0 Å². The second kappa shape index (κ2) is 4.12. The smallest absolute Gasteiger partial charge is 0.320 e. The highest BCUT2D eigenvalue weighted by molar-refractivity contribution is 5.72. The summed E-state index contributed by atoms with van der Waals surface area (Å²) in [5.74, 6) is -0.168.